The molecule has 0 spiro atoms. The van der Waals surface area contributed by atoms with E-state index in [1.165, 1.54) is 23.4 Å². The Hall–Kier alpha value is -2.73. The van der Waals surface area contributed by atoms with E-state index in [4.69, 9.17) is 14.5 Å². The molecular formula is C31H45NO4Si. The minimum absolute atomic E-state index is 0.218. The molecule has 3 aromatic rings. The van der Waals surface area contributed by atoms with Crippen molar-refractivity contribution in [1.82, 2.24) is 4.23 Å². The third-order valence-corrected chi connectivity index (χ3v) is 13.0. The second-order valence-corrected chi connectivity index (χ2v) is 18.2. The molecule has 1 heterocycles. The van der Waals surface area contributed by atoms with Crippen LogP contribution in [-0.2, 0) is 15.1 Å². The Bertz CT molecular complexity index is 1320. The lowest BCUT2D eigenvalue weighted by Crippen LogP contribution is -2.44. The van der Waals surface area contributed by atoms with Crippen LogP contribution < -0.4 is 9.62 Å². The lowest BCUT2D eigenvalue weighted by atomic mass is 9.82. The van der Waals surface area contributed by atoms with Crippen molar-refractivity contribution in [2.45, 2.75) is 106 Å². The highest BCUT2D eigenvalue weighted by Gasteiger charge is 2.38. The van der Waals surface area contributed by atoms with Gasteiger partial charge in [-0.2, -0.15) is 0 Å². The number of hydrogen-bond acceptors (Lipinski definition) is 4. The number of aromatic nitrogens is 1. The lowest BCUT2D eigenvalue weighted by Gasteiger charge is -2.38. The van der Waals surface area contributed by atoms with Gasteiger partial charge in [-0.1, -0.05) is 68.5 Å². The Morgan fingerprint density at radius 3 is 2.14 bits per heavy atom. The monoisotopic (exact) mass is 523 g/mol. The van der Waals surface area contributed by atoms with Gasteiger partial charge in [0, 0.05) is 23.4 Å². The average Bonchev–Trinajstić information content (AvgIpc) is 3.13. The summed E-state index contributed by atoms with van der Waals surface area (Å²) in [6.45, 7) is 28.1. The minimum atomic E-state index is -1.80. The van der Waals surface area contributed by atoms with E-state index in [0.29, 0.717) is 11.7 Å². The number of hydrogen-bond donors (Lipinski definition) is 0. The Morgan fingerprint density at radius 1 is 1.00 bits per heavy atom. The second kappa shape index (κ2) is 9.86. The average molecular weight is 524 g/mol. The Kier molecular flexibility index (Phi) is 7.68. The predicted molar refractivity (Wildman–Crippen MR) is 156 cm³/mol. The van der Waals surface area contributed by atoms with Gasteiger partial charge in [-0.3, -0.25) is 9.78 Å². The zero-order chi connectivity index (χ0) is 28.1. The van der Waals surface area contributed by atoms with E-state index < -0.39 is 14.2 Å². The van der Waals surface area contributed by atoms with Crippen molar-refractivity contribution in [2.24, 2.45) is 0 Å². The van der Waals surface area contributed by atoms with E-state index in [1.54, 1.807) is 0 Å². The summed E-state index contributed by atoms with van der Waals surface area (Å²) in [5.41, 5.74) is 5.20. The van der Waals surface area contributed by atoms with Crippen molar-refractivity contribution >= 4 is 25.1 Å². The van der Waals surface area contributed by atoms with Crippen LogP contribution in [-0.4, -0.2) is 18.4 Å². The number of rotatable bonds is 6. The van der Waals surface area contributed by atoms with Crippen molar-refractivity contribution in [1.29, 1.82) is 0 Å². The van der Waals surface area contributed by atoms with Crippen LogP contribution in [0.4, 0.5) is 0 Å². The van der Waals surface area contributed by atoms with Gasteiger partial charge in [0.15, 0.2) is 14.0 Å². The first kappa shape index (κ1) is 28.8. The number of ether oxygens (including phenoxy) is 1. The molecule has 0 aliphatic heterocycles. The van der Waals surface area contributed by atoms with E-state index >= 15 is 0 Å². The standard InChI is InChI=1S/C31H45NO4Si/c1-19(2)25-18-32(37(12,13)31(9,10)11)26-15-14-23(17-24(25)26)34-29-20(3)16-27(36-35-22(5)33)28(21(29)4)30(6,7)8/h14-19H,1-13H3. The van der Waals surface area contributed by atoms with Crippen molar-refractivity contribution in [3.05, 3.63) is 52.7 Å². The highest BCUT2D eigenvalue weighted by molar-refractivity contribution is 6.79. The SMILES string of the molecule is CC(=O)OOc1cc(C)c(Oc2ccc3c(c2)c(C(C)C)cn3[Si](C)(C)C(C)(C)C)c(C)c1C(C)(C)C. The van der Waals surface area contributed by atoms with Gasteiger partial charge in [0.2, 0.25) is 0 Å². The molecule has 0 saturated carbocycles. The molecule has 202 valence electrons. The molecule has 0 fully saturated rings. The predicted octanol–water partition coefficient (Wildman–Crippen LogP) is 9.18. The summed E-state index contributed by atoms with van der Waals surface area (Å²) in [7, 11) is -1.80. The number of aryl methyl sites for hydroxylation is 1. The van der Waals surface area contributed by atoms with Gasteiger partial charge in [0.25, 0.3) is 0 Å². The molecule has 0 radical (unpaired) electrons. The molecule has 6 heteroatoms. The van der Waals surface area contributed by atoms with Gasteiger partial charge in [-0.25, -0.2) is 4.79 Å². The van der Waals surface area contributed by atoms with Gasteiger partial charge >= 0.3 is 5.97 Å². The van der Waals surface area contributed by atoms with Crippen LogP contribution in [0.3, 0.4) is 0 Å². The first-order valence-corrected chi connectivity index (χ1v) is 16.1. The van der Waals surface area contributed by atoms with Crippen molar-refractivity contribution in [3.63, 3.8) is 0 Å². The number of carbonyl (C=O) groups is 1. The highest BCUT2D eigenvalue weighted by Crippen LogP contribution is 2.44. The zero-order valence-corrected chi connectivity index (χ0v) is 26.0. The smallest absolute Gasteiger partial charge is 0.352 e. The quantitative estimate of drug-likeness (QED) is 0.184. The number of nitrogens with zero attached hydrogens (tertiary/aromatic N) is 1. The Balaban J connectivity index is 2.15. The van der Waals surface area contributed by atoms with E-state index in [0.717, 1.165) is 28.2 Å². The summed E-state index contributed by atoms with van der Waals surface area (Å²) < 4.78 is 9.17. The molecule has 1 aromatic heterocycles. The maximum atomic E-state index is 11.4. The lowest BCUT2D eigenvalue weighted by molar-refractivity contribution is -0.211. The zero-order valence-electron chi connectivity index (χ0n) is 25.0. The maximum Gasteiger partial charge on any atom is 0.352 e. The fourth-order valence-corrected chi connectivity index (χ4v) is 6.87. The molecule has 0 bridgehead atoms. The molecule has 0 aliphatic rings. The number of benzene rings is 2. The van der Waals surface area contributed by atoms with Crippen molar-refractivity contribution in [3.8, 4) is 17.2 Å². The van der Waals surface area contributed by atoms with Crippen LogP contribution in [0.25, 0.3) is 10.9 Å². The summed E-state index contributed by atoms with van der Waals surface area (Å²) in [4.78, 5) is 21.7. The molecule has 0 aliphatic carbocycles. The molecule has 2 aromatic carbocycles. The van der Waals surface area contributed by atoms with Crippen molar-refractivity contribution < 1.29 is 19.3 Å². The van der Waals surface area contributed by atoms with Crippen LogP contribution in [0.2, 0.25) is 18.1 Å². The van der Waals surface area contributed by atoms with Crippen LogP contribution >= 0.6 is 0 Å². The number of carbonyl (C=O) groups excluding carboxylic acids is 1. The van der Waals surface area contributed by atoms with E-state index in [2.05, 4.69) is 97.1 Å². The summed E-state index contributed by atoms with van der Waals surface area (Å²) >= 11 is 0. The number of fused-ring (bicyclic) bond motifs is 1. The van der Waals surface area contributed by atoms with E-state index in [-0.39, 0.29) is 10.5 Å². The van der Waals surface area contributed by atoms with Gasteiger partial charge in [-0.05, 0) is 77.4 Å². The largest absolute Gasteiger partial charge is 0.457 e. The van der Waals surface area contributed by atoms with Gasteiger partial charge in [0.1, 0.15) is 11.5 Å². The fourth-order valence-electron chi connectivity index (χ4n) is 4.89. The minimum Gasteiger partial charge on any atom is -0.457 e. The van der Waals surface area contributed by atoms with Crippen LogP contribution in [0, 0.1) is 13.8 Å². The molecule has 0 saturated heterocycles. The molecule has 0 atom stereocenters. The van der Waals surface area contributed by atoms with Gasteiger partial charge in [-0.15, -0.1) is 0 Å². The van der Waals surface area contributed by atoms with E-state index in [9.17, 15) is 4.79 Å². The second-order valence-electron chi connectivity index (χ2n) is 13.1. The molecule has 0 N–H and O–H groups in total. The van der Waals surface area contributed by atoms with Gasteiger partial charge < -0.3 is 8.97 Å². The van der Waals surface area contributed by atoms with E-state index in [1.807, 2.05) is 19.9 Å². The Labute approximate surface area is 224 Å². The molecule has 0 unspecified atom stereocenters. The van der Waals surface area contributed by atoms with Crippen LogP contribution in [0.5, 0.6) is 17.2 Å². The molecule has 5 nitrogen and oxygen atoms in total. The topological polar surface area (TPSA) is 49.7 Å². The molecule has 0 amide bonds. The van der Waals surface area contributed by atoms with Gasteiger partial charge in [0.05, 0.1) is 0 Å². The van der Waals surface area contributed by atoms with Crippen molar-refractivity contribution in [2.75, 3.05) is 0 Å². The normalized spacial score (nSPS) is 12.8. The van der Waals surface area contributed by atoms with Crippen LogP contribution in [0.15, 0.2) is 30.5 Å². The highest BCUT2D eigenvalue weighted by atomic mass is 28.3. The summed E-state index contributed by atoms with van der Waals surface area (Å²) in [5.74, 6) is 2.05. The summed E-state index contributed by atoms with van der Waals surface area (Å²) in [6.07, 6.45) is 2.38. The first-order chi connectivity index (χ1) is 16.9. The molecular weight excluding hydrogens is 478 g/mol. The van der Waals surface area contributed by atoms with Crippen LogP contribution in [0.1, 0.15) is 90.5 Å². The molecule has 37 heavy (non-hydrogen) atoms. The molecule has 3 rings (SSSR count). The first-order valence-electron chi connectivity index (χ1n) is 13.2. The third kappa shape index (κ3) is 5.59. The summed E-state index contributed by atoms with van der Waals surface area (Å²) in [5, 5.41) is 1.47. The fraction of sp³-hybridized carbons (Fsp3) is 0.516. The Morgan fingerprint density at radius 2 is 1.62 bits per heavy atom. The third-order valence-electron chi connectivity index (χ3n) is 7.75. The summed E-state index contributed by atoms with van der Waals surface area (Å²) in [6, 6.07) is 8.37. The maximum absolute atomic E-state index is 11.4.